The number of aromatic nitrogens is 3. The molecule has 0 aliphatic carbocycles. The minimum absolute atomic E-state index is 1.08. The minimum atomic E-state index is 1.08. The number of nitrogens with zero attached hydrogens (tertiary/aromatic N) is 5. The van der Waals surface area contributed by atoms with Gasteiger partial charge >= 0.3 is 0 Å². The fourth-order valence-corrected chi connectivity index (χ4v) is 20.9. The molecular weight excluding hydrogens is 1710 g/mol. The Hall–Kier alpha value is -16.1. The Bertz CT molecular complexity index is 8350. The van der Waals surface area contributed by atoms with Crippen molar-refractivity contribution in [2.75, 3.05) is 15.1 Å². The van der Waals surface area contributed by atoms with Crippen molar-refractivity contribution in [3.63, 3.8) is 0 Å². The summed E-state index contributed by atoms with van der Waals surface area (Å²) in [5.74, 6) is 0. The van der Waals surface area contributed by atoms with E-state index in [1.165, 1.54) is 169 Å². The average Bonchev–Trinajstić information content (AvgIpc) is 0.994. The van der Waals surface area contributed by atoms with Crippen LogP contribution in [0.5, 0.6) is 0 Å². The van der Waals surface area contributed by atoms with E-state index in [9.17, 15) is 0 Å². The fourth-order valence-electron chi connectivity index (χ4n) is 20.0. The van der Waals surface area contributed by atoms with E-state index in [2.05, 4.69) is 522 Å². The van der Waals surface area contributed by atoms with Gasteiger partial charge in [0, 0.05) is 103 Å². The second kappa shape index (κ2) is 32.7. The van der Waals surface area contributed by atoms with Gasteiger partial charge in [0.2, 0.25) is 0 Å². The van der Waals surface area contributed by atoms with Crippen LogP contribution in [-0.2, 0) is 0 Å². The molecule has 26 aromatic rings. The van der Waals surface area contributed by atoms with Gasteiger partial charge in [-0.05, 0) is 275 Å². The van der Waals surface area contributed by atoms with Gasteiger partial charge in [-0.2, -0.15) is 0 Å². The second-order valence-electron chi connectivity index (χ2n) is 33.4. The Morgan fingerprint density at radius 3 is 0.785 bits per heavy atom. The molecular formula is C122H80Br2N6. The predicted molar refractivity (Wildman–Crippen MR) is 561 cm³/mol. The van der Waals surface area contributed by atoms with Crippen molar-refractivity contribution in [2.24, 2.45) is 0 Å². The summed E-state index contributed by atoms with van der Waals surface area (Å²) >= 11 is 7.30. The zero-order valence-corrected chi connectivity index (χ0v) is 73.8. The highest BCUT2D eigenvalue weighted by molar-refractivity contribution is 9.11. The molecule has 0 atom stereocenters. The maximum atomic E-state index is 3.65. The van der Waals surface area contributed by atoms with E-state index in [1.807, 2.05) is 18.2 Å². The Morgan fingerprint density at radius 2 is 0.431 bits per heavy atom. The summed E-state index contributed by atoms with van der Waals surface area (Å²) < 4.78 is 9.41. The second-order valence-corrected chi connectivity index (χ2v) is 35.1. The third kappa shape index (κ3) is 13.6. The van der Waals surface area contributed by atoms with Gasteiger partial charge in [-0.3, -0.25) is 0 Å². The molecule has 23 aromatic carbocycles. The molecule has 612 valence electrons. The summed E-state index contributed by atoms with van der Waals surface area (Å²) in [6, 6.07) is 173. The van der Waals surface area contributed by atoms with Crippen LogP contribution in [0.1, 0.15) is 0 Å². The van der Waals surface area contributed by atoms with Crippen LogP contribution in [0.25, 0.3) is 180 Å². The number of halogens is 2. The first-order valence-corrected chi connectivity index (χ1v) is 45.7. The molecule has 3 heterocycles. The molecule has 0 bridgehead atoms. The van der Waals surface area contributed by atoms with Crippen molar-refractivity contribution in [1.29, 1.82) is 0 Å². The molecule has 130 heavy (non-hydrogen) atoms. The summed E-state index contributed by atoms with van der Waals surface area (Å²) in [6.07, 6.45) is 0. The van der Waals surface area contributed by atoms with Crippen molar-refractivity contribution in [3.05, 3.63) is 488 Å². The van der Waals surface area contributed by atoms with Crippen LogP contribution in [0.2, 0.25) is 0 Å². The maximum Gasteiger partial charge on any atom is 0.0541 e. The van der Waals surface area contributed by atoms with E-state index < -0.39 is 0 Å². The number of benzene rings is 23. The molecule has 0 radical (unpaired) electrons. The average molecular weight is 1790 g/mol. The Balaban J connectivity index is 0.000000151. The van der Waals surface area contributed by atoms with Crippen LogP contribution in [0.3, 0.4) is 0 Å². The summed E-state index contributed by atoms with van der Waals surface area (Å²) in [5, 5.41) is 26.2. The molecule has 0 saturated carbocycles. The van der Waals surface area contributed by atoms with Crippen molar-refractivity contribution < 1.29 is 0 Å². The molecule has 1 N–H and O–H groups in total. The third-order valence-corrected chi connectivity index (χ3v) is 27.3. The van der Waals surface area contributed by atoms with Gasteiger partial charge in [0.05, 0.1) is 44.5 Å². The van der Waals surface area contributed by atoms with Crippen molar-refractivity contribution in [3.8, 4) is 50.4 Å². The van der Waals surface area contributed by atoms with Gasteiger partial charge in [-0.25, -0.2) is 0 Å². The monoisotopic (exact) mass is 1790 g/mol. The quantitative estimate of drug-likeness (QED) is 0.110. The van der Waals surface area contributed by atoms with E-state index in [1.54, 1.807) is 0 Å². The van der Waals surface area contributed by atoms with Crippen LogP contribution >= 0.6 is 31.9 Å². The molecule has 0 aliphatic rings. The topological polar surface area (TPSA) is 33.3 Å². The predicted octanol–water partition coefficient (Wildman–Crippen LogP) is 35.4. The Morgan fingerprint density at radius 1 is 0.177 bits per heavy atom. The summed E-state index contributed by atoms with van der Waals surface area (Å²) in [5.41, 5.74) is 26.7. The van der Waals surface area contributed by atoms with Gasteiger partial charge in [0.15, 0.2) is 0 Å². The highest BCUT2D eigenvalue weighted by atomic mass is 79.9. The summed E-state index contributed by atoms with van der Waals surface area (Å²) in [7, 11) is 0. The number of rotatable bonds is 14. The standard InChI is InChI=1S/C76H50N4.C30H22N2.C16H8Br2/c1-5-17-57(18-6-1)77(61-39-29-51(30-40-61)55-37-47-73-67(49-55)63-25-13-15-27-69(63)79(73)59-21-9-3-10-22-59)71-45-35-53-34-44-66-72(46-36-54-33-43-65(71)75(53)76(54)66)78(58-19-7-2-8-20-58)62-41-31-52(32-42-62)56-38-48-74-68(50-56)64-26-14-16-28-70(64)80(74)60-23-11-4-12-24-60;1-3-9-24(10-4-1)31-25-18-15-22(16-19-25)23-17-20-30-28(21-23)27-13-7-8-14-29(27)32(30)26-11-5-2-6-12-26;17-13-8-4-10-2-6-12-14(18)7-3-9-1-5-11(13)16(10)15(9)12/h1-50H;1-21,31H;1-8H. The van der Waals surface area contributed by atoms with Crippen LogP contribution in [0.4, 0.5) is 45.5 Å². The molecule has 26 rings (SSSR count). The van der Waals surface area contributed by atoms with Crippen molar-refractivity contribution in [1.82, 2.24) is 13.7 Å². The zero-order valence-electron chi connectivity index (χ0n) is 70.6. The Labute approximate surface area is 768 Å². The first-order chi connectivity index (χ1) is 64.3. The molecule has 0 aliphatic heterocycles. The molecule has 0 spiro atoms. The lowest BCUT2D eigenvalue weighted by Gasteiger charge is -2.29. The minimum Gasteiger partial charge on any atom is -0.356 e. The number of hydrogen-bond acceptors (Lipinski definition) is 3. The van der Waals surface area contributed by atoms with Gasteiger partial charge < -0.3 is 28.8 Å². The lowest BCUT2D eigenvalue weighted by molar-refractivity contribution is 1.18. The lowest BCUT2D eigenvalue weighted by Crippen LogP contribution is -2.11. The number of hydrogen-bond donors (Lipinski definition) is 1. The van der Waals surface area contributed by atoms with Crippen LogP contribution < -0.4 is 15.1 Å². The number of fused-ring (bicyclic) bond motifs is 9. The third-order valence-electron chi connectivity index (χ3n) is 25.9. The van der Waals surface area contributed by atoms with E-state index in [4.69, 9.17) is 0 Å². The van der Waals surface area contributed by atoms with Crippen LogP contribution in [0, 0.1) is 0 Å². The molecule has 3 aromatic heterocycles. The Kier molecular flexibility index (Phi) is 19.5. The lowest BCUT2D eigenvalue weighted by atomic mass is 9.91. The van der Waals surface area contributed by atoms with Crippen LogP contribution in [0.15, 0.2) is 488 Å². The van der Waals surface area contributed by atoms with E-state index in [0.29, 0.717) is 0 Å². The van der Waals surface area contributed by atoms with Crippen LogP contribution in [-0.4, -0.2) is 13.7 Å². The smallest absolute Gasteiger partial charge is 0.0541 e. The molecule has 8 heteroatoms. The first-order valence-electron chi connectivity index (χ1n) is 44.1. The summed E-state index contributed by atoms with van der Waals surface area (Å²) in [4.78, 5) is 4.84. The van der Waals surface area contributed by atoms with E-state index >= 15 is 0 Å². The highest BCUT2D eigenvalue weighted by Crippen LogP contribution is 2.50. The molecule has 0 fully saturated rings. The van der Waals surface area contributed by atoms with E-state index in [0.717, 1.165) is 65.8 Å². The SMILES string of the molecule is Brc1ccc2ccc3c(Br)ccc4ccc1c2c43.c1ccc(N(c2ccc(-c3ccc4c(c3)c3ccccc3n4-c3ccccc3)cc2)c2ccc3ccc4c(N(c5ccccc5)c5ccc(-c6ccc7c(c6)c6ccccc6n7-c6ccccc6)cc5)ccc5ccc2c3c54)cc1.c1ccc(Nc2ccc(-c3ccc4c(c3)c3ccccc3n4-c3ccccc3)cc2)cc1. The number of para-hydroxylation sites is 9. The molecule has 0 unspecified atom stereocenters. The van der Waals surface area contributed by atoms with Crippen molar-refractivity contribution >= 4 is 207 Å². The van der Waals surface area contributed by atoms with E-state index in [-0.39, 0.29) is 0 Å². The normalized spacial score (nSPS) is 11.6. The van der Waals surface area contributed by atoms with Gasteiger partial charge in [0.25, 0.3) is 0 Å². The van der Waals surface area contributed by atoms with Gasteiger partial charge in [-0.15, -0.1) is 0 Å². The summed E-state index contributed by atoms with van der Waals surface area (Å²) in [6.45, 7) is 0. The molecule has 0 amide bonds. The van der Waals surface area contributed by atoms with Crippen molar-refractivity contribution in [2.45, 2.75) is 0 Å². The zero-order chi connectivity index (χ0) is 86.3. The highest BCUT2D eigenvalue weighted by Gasteiger charge is 2.25. The molecule has 6 nitrogen and oxygen atoms in total. The largest absolute Gasteiger partial charge is 0.356 e. The fraction of sp³-hybridized carbons (Fsp3) is 0. The number of nitrogens with one attached hydrogen (secondary N) is 1. The first kappa shape index (κ1) is 77.5. The number of anilines is 8. The maximum absolute atomic E-state index is 3.65. The molecule has 0 saturated heterocycles. The van der Waals surface area contributed by atoms with Gasteiger partial charge in [-0.1, -0.05) is 323 Å². The van der Waals surface area contributed by atoms with Gasteiger partial charge in [0.1, 0.15) is 0 Å².